The van der Waals surface area contributed by atoms with Gasteiger partial charge in [0.1, 0.15) is 0 Å². The second-order valence-electron chi connectivity index (χ2n) is 4.26. The van der Waals surface area contributed by atoms with E-state index in [4.69, 9.17) is 4.74 Å². The van der Waals surface area contributed by atoms with Gasteiger partial charge in [-0.05, 0) is 29.8 Å². The molecule has 0 aliphatic heterocycles. The minimum Gasteiger partial charge on any atom is -0.469 e. The highest BCUT2D eigenvalue weighted by atomic mass is 19.1. The first-order valence-corrected chi connectivity index (χ1v) is 6.22. The topological polar surface area (TPSA) is 52.6 Å². The maximum absolute atomic E-state index is 13.9. The molecule has 0 amide bonds. The molecule has 2 aromatic rings. The Bertz CT molecular complexity index is 713. The second-order valence-corrected chi connectivity index (χ2v) is 4.26. The quantitative estimate of drug-likeness (QED) is 0.812. The fourth-order valence-corrected chi connectivity index (χ4v) is 1.69. The summed E-state index contributed by atoms with van der Waals surface area (Å²) in [5, 5.41) is 0. The van der Waals surface area contributed by atoms with E-state index in [0.717, 1.165) is 0 Å². The van der Waals surface area contributed by atoms with Crippen molar-refractivity contribution in [2.45, 2.75) is 6.42 Å². The molecule has 0 spiro atoms. The third-order valence-electron chi connectivity index (χ3n) is 2.75. The SMILES string of the molecule is COC(=O)Cc1ccc(Oc2cccccc2=O)c(F)c1. The Balaban J connectivity index is 2.24. The molecule has 0 heterocycles. The van der Waals surface area contributed by atoms with Crippen LogP contribution in [0.2, 0.25) is 0 Å². The molecule has 0 radical (unpaired) electrons. The lowest BCUT2D eigenvalue weighted by Crippen LogP contribution is -2.05. The van der Waals surface area contributed by atoms with Crippen molar-refractivity contribution >= 4 is 5.97 Å². The van der Waals surface area contributed by atoms with Gasteiger partial charge in [-0.15, -0.1) is 0 Å². The summed E-state index contributed by atoms with van der Waals surface area (Å²) in [6.07, 6.45) is -0.0270. The minimum absolute atomic E-state index is 0.0270. The van der Waals surface area contributed by atoms with Gasteiger partial charge in [-0.1, -0.05) is 24.3 Å². The highest BCUT2D eigenvalue weighted by Crippen LogP contribution is 2.23. The Labute approximate surface area is 120 Å². The van der Waals surface area contributed by atoms with Crippen LogP contribution >= 0.6 is 0 Å². The number of hydrogen-bond acceptors (Lipinski definition) is 4. The number of esters is 1. The molecule has 0 N–H and O–H groups in total. The van der Waals surface area contributed by atoms with E-state index in [-0.39, 0.29) is 23.3 Å². The summed E-state index contributed by atoms with van der Waals surface area (Å²) < 4.78 is 23.7. The third kappa shape index (κ3) is 3.89. The third-order valence-corrected chi connectivity index (χ3v) is 2.75. The smallest absolute Gasteiger partial charge is 0.309 e. The molecular weight excluding hydrogens is 275 g/mol. The minimum atomic E-state index is -0.651. The summed E-state index contributed by atoms with van der Waals surface area (Å²) in [6, 6.07) is 11.8. The Morgan fingerprint density at radius 1 is 1.10 bits per heavy atom. The summed E-state index contributed by atoms with van der Waals surface area (Å²) in [5.41, 5.74) is 0.116. The van der Waals surface area contributed by atoms with Crippen molar-refractivity contribution in [3.63, 3.8) is 0 Å². The lowest BCUT2D eigenvalue weighted by atomic mass is 10.1. The molecule has 0 aliphatic carbocycles. The number of halogens is 1. The molecule has 0 saturated heterocycles. The number of ether oxygens (including phenoxy) is 2. The van der Waals surface area contributed by atoms with E-state index in [0.29, 0.717) is 5.56 Å². The van der Waals surface area contributed by atoms with Gasteiger partial charge in [-0.2, -0.15) is 0 Å². The lowest BCUT2D eigenvalue weighted by molar-refractivity contribution is -0.139. The monoisotopic (exact) mass is 288 g/mol. The first-order valence-electron chi connectivity index (χ1n) is 6.22. The first kappa shape index (κ1) is 14.7. The number of hydrogen-bond donors (Lipinski definition) is 0. The zero-order chi connectivity index (χ0) is 15.2. The van der Waals surface area contributed by atoms with Crippen LogP contribution in [-0.4, -0.2) is 13.1 Å². The van der Waals surface area contributed by atoms with Crippen LogP contribution in [0.25, 0.3) is 0 Å². The van der Waals surface area contributed by atoms with Crippen molar-refractivity contribution < 1.29 is 18.7 Å². The maximum Gasteiger partial charge on any atom is 0.309 e. The Morgan fingerprint density at radius 3 is 2.57 bits per heavy atom. The average molecular weight is 288 g/mol. The molecule has 0 fully saturated rings. The Morgan fingerprint density at radius 2 is 1.86 bits per heavy atom. The van der Waals surface area contributed by atoms with Crippen LogP contribution in [0.5, 0.6) is 11.5 Å². The van der Waals surface area contributed by atoms with Crippen molar-refractivity contribution in [1.82, 2.24) is 0 Å². The number of carbonyl (C=O) groups is 1. The van der Waals surface area contributed by atoms with Crippen LogP contribution in [0.3, 0.4) is 0 Å². The number of carbonyl (C=O) groups excluding carboxylic acids is 1. The normalized spacial score (nSPS) is 10.0. The maximum atomic E-state index is 13.9. The highest BCUT2D eigenvalue weighted by molar-refractivity contribution is 5.72. The van der Waals surface area contributed by atoms with Gasteiger partial charge in [0.25, 0.3) is 0 Å². The summed E-state index contributed by atoms with van der Waals surface area (Å²) in [4.78, 5) is 22.8. The van der Waals surface area contributed by atoms with Crippen molar-refractivity contribution in [1.29, 1.82) is 0 Å². The molecule has 0 bridgehead atoms. The molecular formula is C16H13FO4. The molecule has 108 valence electrons. The van der Waals surface area contributed by atoms with E-state index in [1.165, 1.54) is 31.4 Å². The molecule has 2 aromatic carbocycles. The zero-order valence-electron chi connectivity index (χ0n) is 11.3. The Hall–Kier alpha value is -2.69. The summed E-state index contributed by atoms with van der Waals surface area (Å²) in [5.74, 6) is -1.16. The van der Waals surface area contributed by atoms with Gasteiger partial charge in [0.05, 0.1) is 13.5 Å². The van der Waals surface area contributed by atoms with E-state index >= 15 is 0 Å². The fourth-order valence-electron chi connectivity index (χ4n) is 1.69. The predicted molar refractivity (Wildman–Crippen MR) is 74.9 cm³/mol. The molecule has 2 rings (SSSR count). The molecule has 0 saturated carbocycles. The summed E-state index contributed by atoms with van der Waals surface area (Å²) in [7, 11) is 1.27. The molecule has 5 heteroatoms. The van der Waals surface area contributed by atoms with Crippen LogP contribution in [0, 0.1) is 5.82 Å². The average Bonchev–Trinajstić information content (AvgIpc) is 2.67. The standard InChI is InChI=1S/C16H13FO4/c1-20-16(19)10-11-7-8-14(12(17)9-11)21-15-6-4-2-3-5-13(15)18/h2-9H,10H2,1H3. The largest absolute Gasteiger partial charge is 0.469 e. The number of rotatable bonds is 4. The molecule has 21 heavy (non-hydrogen) atoms. The van der Waals surface area contributed by atoms with E-state index in [9.17, 15) is 14.0 Å². The molecule has 0 aromatic heterocycles. The van der Waals surface area contributed by atoms with Gasteiger partial charge < -0.3 is 9.47 Å². The summed E-state index contributed by atoms with van der Waals surface area (Å²) in [6.45, 7) is 0. The Kier molecular flexibility index (Phi) is 4.66. The van der Waals surface area contributed by atoms with Crippen LogP contribution in [0.1, 0.15) is 5.56 Å². The van der Waals surface area contributed by atoms with E-state index in [1.807, 2.05) is 0 Å². The molecule has 4 nitrogen and oxygen atoms in total. The van der Waals surface area contributed by atoms with Crippen molar-refractivity contribution in [2.24, 2.45) is 0 Å². The highest BCUT2D eigenvalue weighted by Gasteiger charge is 2.10. The van der Waals surface area contributed by atoms with Crippen molar-refractivity contribution in [3.05, 3.63) is 70.1 Å². The molecule has 0 atom stereocenters. The van der Waals surface area contributed by atoms with Gasteiger partial charge in [-0.3, -0.25) is 9.59 Å². The van der Waals surface area contributed by atoms with E-state index in [1.54, 1.807) is 24.3 Å². The van der Waals surface area contributed by atoms with Crippen LogP contribution in [0.4, 0.5) is 4.39 Å². The first-order chi connectivity index (χ1) is 10.1. The van der Waals surface area contributed by atoms with Crippen LogP contribution in [-0.2, 0) is 16.0 Å². The predicted octanol–water partition coefficient (Wildman–Crippen LogP) is 2.69. The summed E-state index contributed by atoms with van der Waals surface area (Å²) >= 11 is 0. The molecule has 0 aliphatic rings. The van der Waals surface area contributed by atoms with Gasteiger partial charge in [0, 0.05) is 0 Å². The van der Waals surface area contributed by atoms with Crippen LogP contribution < -0.4 is 10.2 Å². The van der Waals surface area contributed by atoms with Gasteiger partial charge in [0.15, 0.2) is 17.3 Å². The number of benzene rings is 1. The van der Waals surface area contributed by atoms with Gasteiger partial charge in [0.2, 0.25) is 5.43 Å². The van der Waals surface area contributed by atoms with E-state index in [2.05, 4.69) is 4.74 Å². The lowest BCUT2D eigenvalue weighted by Gasteiger charge is -2.06. The molecule has 0 unspecified atom stereocenters. The fraction of sp³-hybridized carbons (Fsp3) is 0.125. The van der Waals surface area contributed by atoms with E-state index < -0.39 is 11.8 Å². The van der Waals surface area contributed by atoms with Gasteiger partial charge >= 0.3 is 5.97 Å². The zero-order valence-corrected chi connectivity index (χ0v) is 11.3. The van der Waals surface area contributed by atoms with Crippen LogP contribution in [0.15, 0.2) is 53.3 Å². The van der Waals surface area contributed by atoms with Crippen molar-refractivity contribution in [2.75, 3.05) is 7.11 Å². The van der Waals surface area contributed by atoms with Gasteiger partial charge in [-0.25, -0.2) is 4.39 Å². The van der Waals surface area contributed by atoms with Crippen molar-refractivity contribution in [3.8, 4) is 11.5 Å². The second kappa shape index (κ2) is 6.65. The number of methoxy groups -OCH3 is 1.